The molecule has 2 bridgehead atoms. The van der Waals surface area contributed by atoms with Gasteiger partial charge in [0.25, 0.3) is 0 Å². The predicted octanol–water partition coefficient (Wildman–Crippen LogP) is 2.17. The molecule has 0 aromatic carbocycles. The second kappa shape index (κ2) is 4.76. The normalized spacial score (nSPS) is 40.5. The molecule has 108 valence electrons. The van der Waals surface area contributed by atoms with Crippen molar-refractivity contribution >= 4 is 5.91 Å². The van der Waals surface area contributed by atoms with E-state index in [4.69, 9.17) is 0 Å². The third-order valence-corrected chi connectivity index (χ3v) is 6.08. The lowest BCUT2D eigenvalue weighted by Crippen LogP contribution is -2.47. The number of amides is 1. The highest BCUT2D eigenvalue weighted by atomic mass is 16.2. The summed E-state index contributed by atoms with van der Waals surface area (Å²) < 4.78 is 0. The van der Waals surface area contributed by atoms with Crippen LogP contribution in [0.25, 0.3) is 0 Å². The molecule has 1 amide bonds. The molecular weight excluding hydrogens is 236 g/mol. The number of fused-ring (bicyclic) bond motifs is 5. The molecule has 2 N–H and O–H groups in total. The van der Waals surface area contributed by atoms with Crippen molar-refractivity contribution in [3.8, 4) is 0 Å². The molecule has 3 aliphatic rings. The highest BCUT2D eigenvalue weighted by Crippen LogP contribution is 2.58. The zero-order chi connectivity index (χ0) is 13.6. The average Bonchev–Trinajstić information content (AvgIpc) is 3.06. The van der Waals surface area contributed by atoms with Gasteiger partial charge in [-0.05, 0) is 63.2 Å². The Morgan fingerprint density at radius 1 is 1.16 bits per heavy atom. The molecule has 0 heterocycles. The van der Waals surface area contributed by atoms with Crippen molar-refractivity contribution in [3.63, 3.8) is 0 Å². The van der Waals surface area contributed by atoms with E-state index in [1.807, 2.05) is 13.8 Å². The Kier molecular flexibility index (Phi) is 3.36. The summed E-state index contributed by atoms with van der Waals surface area (Å²) in [6.07, 6.45) is 7.22. The lowest BCUT2D eigenvalue weighted by atomic mass is 9.78. The van der Waals surface area contributed by atoms with Gasteiger partial charge >= 0.3 is 0 Å². The van der Waals surface area contributed by atoms with Gasteiger partial charge in [0.15, 0.2) is 0 Å². The van der Waals surface area contributed by atoms with Crippen LogP contribution in [-0.4, -0.2) is 25.5 Å². The van der Waals surface area contributed by atoms with Gasteiger partial charge in [0.1, 0.15) is 0 Å². The highest BCUT2D eigenvalue weighted by molar-refractivity contribution is 5.81. The van der Waals surface area contributed by atoms with Crippen molar-refractivity contribution in [2.24, 2.45) is 29.1 Å². The lowest BCUT2D eigenvalue weighted by molar-refractivity contribution is -0.128. The molecule has 3 fully saturated rings. The molecule has 3 heteroatoms. The molecule has 19 heavy (non-hydrogen) atoms. The van der Waals surface area contributed by atoms with Crippen molar-refractivity contribution in [1.29, 1.82) is 0 Å². The predicted molar refractivity (Wildman–Crippen MR) is 76.7 cm³/mol. The Bertz CT molecular complexity index is 366. The SMILES string of the molecule is CNC(=O)C(C)(C)CN[C@@H]1C[C@H]2C[C@@H]1[C@H]1CCC[C@H]21. The Labute approximate surface area is 116 Å². The van der Waals surface area contributed by atoms with E-state index in [9.17, 15) is 4.79 Å². The molecule has 0 spiro atoms. The molecule has 0 saturated heterocycles. The summed E-state index contributed by atoms with van der Waals surface area (Å²) >= 11 is 0. The third-order valence-electron chi connectivity index (χ3n) is 6.08. The van der Waals surface area contributed by atoms with E-state index in [1.54, 1.807) is 7.05 Å². The van der Waals surface area contributed by atoms with Gasteiger partial charge in [-0.3, -0.25) is 4.79 Å². The minimum atomic E-state index is -0.300. The van der Waals surface area contributed by atoms with Gasteiger partial charge in [-0.1, -0.05) is 6.42 Å². The van der Waals surface area contributed by atoms with Crippen molar-refractivity contribution in [2.45, 2.75) is 52.0 Å². The van der Waals surface area contributed by atoms with Gasteiger partial charge in [0.2, 0.25) is 5.91 Å². The first kappa shape index (κ1) is 13.4. The summed E-state index contributed by atoms with van der Waals surface area (Å²) in [6.45, 7) is 4.87. The minimum Gasteiger partial charge on any atom is -0.359 e. The summed E-state index contributed by atoms with van der Waals surface area (Å²) in [7, 11) is 1.73. The van der Waals surface area contributed by atoms with Gasteiger partial charge in [-0.2, -0.15) is 0 Å². The van der Waals surface area contributed by atoms with E-state index >= 15 is 0 Å². The highest BCUT2D eigenvalue weighted by Gasteiger charge is 2.53. The van der Waals surface area contributed by atoms with Crippen LogP contribution in [0.2, 0.25) is 0 Å². The lowest BCUT2D eigenvalue weighted by Gasteiger charge is -2.34. The molecule has 3 nitrogen and oxygen atoms in total. The summed E-state index contributed by atoms with van der Waals surface area (Å²) in [5.74, 6) is 4.08. The van der Waals surface area contributed by atoms with Crippen LogP contribution in [0.1, 0.15) is 46.0 Å². The van der Waals surface area contributed by atoms with E-state index < -0.39 is 0 Å². The van der Waals surface area contributed by atoms with Gasteiger partial charge < -0.3 is 10.6 Å². The van der Waals surface area contributed by atoms with Crippen molar-refractivity contribution in [2.75, 3.05) is 13.6 Å². The molecular formula is C16H28N2O. The van der Waals surface area contributed by atoms with Crippen LogP contribution in [-0.2, 0) is 4.79 Å². The van der Waals surface area contributed by atoms with E-state index in [-0.39, 0.29) is 11.3 Å². The quantitative estimate of drug-likeness (QED) is 0.817. The second-order valence-electron chi connectivity index (χ2n) is 7.60. The van der Waals surface area contributed by atoms with E-state index in [0.29, 0.717) is 6.04 Å². The van der Waals surface area contributed by atoms with E-state index in [2.05, 4.69) is 10.6 Å². The van der Waals surface area contributed by atoms with Gasteiger partial charge in [-0.15, -0.1) is 0 Å². The topological polar surface area (TPSA) is 41.1 Å². The minimum absolute atomic E-state index is 0.141. The average molecular weight is 264 g/mol. The summed E-state index contributed by atoms with van der Waals surface area (Å²) in [4.78, 5) is 11.8. The first-order valence-corrected chi connectivity index (χ1v) is 7.98. The fourth-order valence-corrected chi connectivity index (χ4v) is 5.11. The van der Waals surface area contributed by atoms with Crippen LogP contribution >= 0.6 is 0 Å². The summed E-state index contributed by atoms with van der Waals surface area (Å²) in [5, 5.41) is 6.49. The first-order chi connectivity index (χ1) is 9.03. The number of carbonyl (C=O) groups is 1. The molecule has 0 aliphatic heterocycles. The van der Waals surface area contributed by atoms with Crippen LogP contribution in [0.5, 0.6) is 0 Å². The van der Waals surface area contributed by atoms with Crippen molar-refractivity contribution < 1.29 is 4.79 Å². The number of rotatable bonds is 4. The zero-order valence-electron chi connectivity index (χ0n) is 12.5. The molecule has 3 rings (SSSR count). The van der Waals surface area contributed by atoms with Crippen molar-refractivity contribution in [3.05, 3.63) is 0 Å². The number of hydrogen-bond donors (Lipinski definition) is 2. The van der Waals surface area contributed by atoms with Crippen LogP contribution < -0.4 is 10.6 Å². The van der Waals surface area contributed by atoms with Crippen LogP contribution in [0.4, 0.5) is 0 Å². The maximum Gasteiger partial charge on any atom is 0.226 e. The maximum absolute atomic E-state index is 11.8. The largest absolute Gasteiger partial charge is 0.359 e. The first-order valence-electron chi connectivity index (χ1n) is 7.98. The summed E-state index contributed by atoms with van der Waals surface area (Å²) in [5.41, 5.74) is -0.300. The monoisotopic (exact) mass is 264 g/mol. The standard InChI is InChI=1S/C16H28N2O/c1-16(2,15(19)17-3)9-18-14-8-10-7-13(14)12-6-4-5-11(10)12/h10-14,18H,4-9H2,1-3H3,(H,17,19)/t10-,11-,12+,13-,14-/m1/s1. The maximum atomic E-state index is 11.8. The Morgan fingerprint density at radius 2 is 1.89 bits per heavy atom. The molecule has 0 aromatic rings. The third kappa shape index (κ3) is 2.20. The number of carbonyl (C=O) groups excluding carboxylic acids is 1. The molecule has 0 radical (unpaired) electrons. The Morgan fingerprint density at radius 3 is 2.63 bits per heavy atom. The Hall–Kier alpha value is -0.570. The van der Waals surface area contributed by atoms with E-state index in [1.165, 1.54) is 32.1 Å². The molecule has 5 atom stereocenters. The van der Waals surface area contributed by atoms with Crippen LogP contribution in [0, 0.1) is 29.1 Å². The summed E-state index contributed by atoms with van der Waals surface area (Å²) in [6, 6.07) is 0.674. The number of hydrogen-bond acceptors (Lipinski definition) is 2. The molecule has 0 aromatic heterocycles. The second-order valence-corrected chi connectivity index (χ2v) is 7.60. The smallest absolute Gasteiger partial charge is 0.226 e. The number of nitrogens with one attached hydrogen (secondary N) is 2. The van der Waals surface area contributed by atoms with Crippen molar-refractivity contribution in [1.82, 2.24) is 10.6 Å². The fraction of sp³-hybridized carbons (Fsp3) is 0.938. The van der Waals surface area contributed by atoms with Gasteiger partial charge in [0.05, 0.1) is 5.41 Å². The van der Waals surface area contributed by atoms with Gasteiger partial charge in [0, 0.05) is 19.6 Å². The van der Waals surface area contributed by atoms with Crippen LogP contribution in [0.15, 0.2) is 0 Å². The molecule has 3 saturated carbocycles. The molecule has 3 aliphatic carbocycles. The fourth-order valence-electron chi connectivity index (χ4n) is 5.11. The van der Waals surface area contributed by atoms with Crippen LogP contribution in [0.3, 0.4) is 0 Å². The zero-order valence-corrected chi connectivity index (χ0v) is 12.5. The molecule has 0 unspecified atom stereocenters. The van der Waals surface area contributed by atoms with Gasteiger partial charge in [-0.25, -0.2) is 0 Å². The van der Waals surface area contributed by atoms with E-state index in [0.717, 1.165) is 30.2 Å². The Balaban J connectivity index is 1.56.